The first-order chi connectivity index (χ1) is 9.90. The van der Waals surface area contributed by atoms with Crippen molar-refractivity contribution in [2.24, 2.45) is 0 Å². The Hall–Kier alpha value is -1.96. The van der Waals surface area contributed by atoms with Gasteiger partial charge in [-0.3, -0.25) is 0 Å². The molecule has 1 unspecified atom stereocenters. The fourth-order valence-corrected chi connectivity index (χ4v) is 2.61. The number of carbonyl (C=O) groups excluding carboxylic acids is 1. The van der Waals surface area contributed by atoms with Crippen molar-refractivity contribution in [2.45, 2.75) is 51.7 Å². The molecule has 1 fully saturated rings. The highest BCUT2D eigenvalue weighted by Crippen LogP contribution is 2.27. The number of hydrogen-bond donors (Lipinski definition) is 0. The minimum atomic E-state index is -0.463. The highest BCUT2D eigenvalue weighted by Gasteiger charge is 2.29. The molecule has 1 aromatic heterocycles. The Balaban J connectivity index is 2.05. The van der Waals surface area contributed by atoms with Gasteiger partial charge in [-0.25, -0.2) is 9.78 Å². The lowest BCUT2D eigenvalue weighted by molar-refractivity contribution is 0.0196. The van der Waals surface area contributed by atoms with Crippen LogP contribution in [0.1, 0.15) is 45.2 Å². The Kier molecular flexibility index (Phi) is 4.56. The number of imidazole rings is 1. The number of likely N-dealkylation sites (tertiary alicyclic amines) is 1. The number of aromatic nitrogens is 2. The van der Waals surface area contributed by atoms with Crippen molar-refractivity contribution < 1.29 is 9.53 Å². The molecule has 1 saturated heterocycles. The average Bonchev–Trinajstić information content (AvgIpc) is 2.86. The summed E-state index contributed by atoms with van der Waals surface area (Å²) in [7, 11) is 0. The van der Waals surface area contributed by atoms with Crippen LogP contribution in [-0.2, 0) is 11.3 Å². The summed E-state index contributed by atoms with van der Waals surface area (Å²) < 4.78 is 7.43. The first-order valence-electron chi connectivity index (χ1n) is 7.32. The molecule has 0 aliphatic carbocycles. The maximum Gasteiger partial charge on any atom is 0.410 e. The molecule has 0 spiro atoms. The van der Waals surface area contributed by atoms with E-state index in [2.05, 4.69) is 10.9 Å². The zero-order valence-corrected chi connectivity index (χ0v) is 13.0. The lowest BCUT2D eigenvalue weighted by atomic mass is 9.95. The summed E-state index contributed by atoms with van der Waals surface area (Å²) in [6.07, 6.45) is 10.7. The summed E-state index contributed by atoms with van der Waals surface area (Å²) in [5.74, 6) is 2.90. The minimum absolute atomic E-state index is 0.241. The van der Waals surface area contributed by atoms with Crippen LogP contribution >= 0.6 is 0 Å². The van der Waals surface area contributed by atoms with Gasteiger partial charge in [0, 0.05) is 30.9 Å². The number of terminal acetylenes is 1. The summed E-state index contributed by atoms with van der Waals surface area (Å²) in [6.45, 7) is 7.56. The van der Waals surface area contributed by atoms with Crippen molar-refractivity contribution in [2.75, 3.05) is 13.1 Å². The molecular formula is C16H23N3O2. The highest BCUT2D eigenvalue weighted by atomic mass is 16.6. The molecule has 0 radical (unpaired) electrons. The quantitative estimate of drug-likeness (QED) is 0.786. The van der Waals surface area contributed by atoms with Crippen LogP contribution < -0.4 is 0 Å². The molecule has 5 heteroatoms. The number of hydrogen-bond acceptors (Lipinski definition) is 3. The van der Waals surface area contributed by atoms with Gasteiger partial charge in [-0.2, -0.15) is 0 Å². The maximum absolute atomic E-state index is 12.2. The van der Waals surface area contributed by atoms with Gasteiger partial charge < -0.3 is 14.2 Å². The number of rotatable bonds is 2. The monoisotopic (exact) mass is 289 g/mol. The number of piperidine rings is 1. The van der Waals surface area contributed by atoms with Crippen molar-refractivity contribution in [1.29, 1.82) is 0 Å². The normalized spacial score (nSPS) is 19.1. The van der Waals surface area contributed by atoms with Gasteiger partial charge >= 0.3 is 6.09 Å². The van der Waals surface area contributed by atoms with Crippen LogP contribution in [-0.4, -0.2) is 39.2 Å². The molecular weight excluding hydrogens is 266 g/mol. The largest absolute Gasteiger partial charge is 0.444 e. The van der Waals surface area contributed by atoms with Crippen LogP contribution in [0.25, 0.3) is 0 Å². The van der Waals surface area contributed by atoms with Gasteiger partial charge in [0.25, 0.3) is 0 Å². The maximum atomic E-state index is 12.2. The molecule has 1 amide bonds. The van der Waals surface area contributed by atoms with Gasteiger partial charge in [0.05, 0.1) is 12.9 Å². The Morgan fingerprint density at radius 1 is 1.57 bits per heavy atom. The SMILES string of the molecule is C#CCn1cncc1C1CCCN(C(=O)OC(C)(C)C)C1. The summed E-state index contributed by atoms with van der Waals surface area (Å²) in [6, 6.07) is 0. The number of amides is 1. The number of nitrogens with zero attached hydrogens (tertiary/aromatic N) is 3. The highest BCUT2D eigenvalue weighted by molar-refractivity contribution is 5.68. The third-order valence-corrected chi connectivity index (χ3v) is 3.50. The van der Waals surface area contributed by atoms with Gasteiger partial charge in [0.2, 0.25) is 0 Å². The second-order valence-corrected chi connectivity index (χ2v) is 6.42. The van der Waals surface area contributed by atoms with Crippen molar-refractivity contribution in [3.05, 3.63) is 18.2 Å². The van der Waals surface area contributed by atoms with Crippen molar-refractivity contribution in [1.82, 2.24) is 14.5 Å². The molecule has 1 atom stereocenters. The first kappa shape index (κ1) is 15.4. The standard InChI is InChI=1S/C16H23N3O2/c1-5-8-19-12-17-10-14(19)13-7-6-9-18(11-13)15(20)21-16(2,3)4/h1,10,12-13H,6-9,11H2,2-4H3. The van der Waals surface area contributed by atoms with Gasteiger partial charge in [0.15, 0.2) is 0 Å². The summed E-state index contributed by atoms with van der Waals surface area (Å²) in [5, 5.41) is 0. The third-order valence-electron chi connectivity index (χ3n) is 3.50. The molecule has 0 bridgehead atoms. The fourth-order valence-electron chi connectivity index (χ4n) is 2.61. The number of ether oxygens (including phenoxy) is 1. The van der Waals surface area contributed by atoms with Gasteiger partial charge in [-0.05, 0) is 33.6 Å². The smallest absolute Gasteiger partial charge is 0.410 e. The molecule has 1 aliphatic rings. The second-order valence-electron chi connectivity index (χ2n) is 6.42. The lowest BCUT2D eigenvalue weighted by Gasteiger charge is -2.34. The molecule has 2 heterocycles. The van der Waals surface area contributed by atoms with E-state index in [1.165, 1.54) is 0 Å². The zero-order valence-electron chi connectivity index (χ0n) is 13.0. The Labute approximate surface area is 126 Å². The van der Waals surface area contributed by atoms with Crippen LogP contribution in [0.5, 0.6) is 0 Å². The van der Waals surface area contributed by atoms with E-state index in [0.29, 0.717) is 13.1 Å². The molecule has 2 rings (SSSR count). The molecule has 114 valence electrons. The molecule has 5 nitrogen and oxygen atoms in total. The van der Waals surface area contributed by atoms with E-state index < -0.39 is 5.60 Å². The summed E-state index contributed by atoms with van der Waals surface area (Å²) >= 11 is 0. The van der Waals surface area contributed by atoms with E-state index in [0.717, 1.165) is 25.1 Å². The summed E-state index contributed by atoms with van der Waals surface area (Å²) in [4.78, 5) is 18.2. The molecule has 1 aromatic rings. The van der Waals surface area contributed by atoms with Crippen LogP contribution in [0.3, 0.4) is 0 Å². The van der Waals surface area contributed by atoms with Crippen LogP contribution in [0, 0.1) is 12.3 Å². The Morgan fingerprint density at radius 2 is 2.33 bits per heavy atom. The van der Waals surface area contributed by atoms with E-state index >= 15 is 0 Å². The van der Waals surface area contributed by atoms with Gasteiger partial charge in [0.1, 0.15) is 5.60 Å². The van der Waals surface area contributed by atoms with Crippen LogP contribution in [0.15, 0.2) is 12.5 Å². The van der Waals surface area contributed by atoms with E-state index in [1.807, 2.05) is 31.5 Å². The van der Waals surface area contributed by atoms with Crippen LogP contribution in [0.2, 0.25) is 0 Å². The van der Waals surface area contributed by atoms with Gasteiger partial charge in [-0.1, -0.05) is 5.92 Å². The lowest BCUT2D eigenvalue weighted by Crippen LogP contribution is -2.42. The molecule has 0 aromatic carbocycles. The Morgan fingerprint density at radius 3 is 3.00 bits per heavy atom. The van der Waals surface area contributed by atoms with Crippen molar-refractivity contribution in [3.63, 3.8) is 0 Å². The third kappa shape index (κ3) is 4.01. The second kappa shape index (κ2) is 6.21. The van der Waals surface area contributed by atoms with Crippen LogP contribution in [0.4, 0.5) is 4.79 Å². The predicted molar refractivity (Wildman–Crippen MR) is 80.8 cm³/mol. The van der Waals surface area contributed by atoms with E-state index in [4.69, 9.17) is 11.2 Å². The van der Waals surface area contributed by atoms with Crippen molar-refractivity contribution in [3.8, 4) is 12.3 Å². The van der Waals surface area contributed by atoms with Crippen molar-refractivity contribution >= 4 is 6.09 Å². The predicted octanol–water partition coefficient (Wildman–Crippen LogP) is 2.63. The molecule has 0 saturated carbocycles. The minimum Gasteiger partial charge on any atom is -0.444 e. The van der Waals surface area contributed by atoms with Gasteiger partial charge in [-0.15, -0.1) is 6.42 Å². The fraction of sp³-hybridized carbons (Fsp3) is 0.625. The van der Waals surface area contributed by atoms with E-state index in [1.54, 1.807) is 11.2 Å². The molecule has 21 heavy (non-hydrogen) atoms. The molecule has 1 aliphatic heterocycles. The first-order valence-corrected chi connectivity index (χ1v) is 7.32. The van der Waals surface area contributed by atoms with E-state index in [9.17, 15) is 4.79 Å². The summed E-state index contributed by atoms with van der Waals surface area (Å²) in [5.41, 5.74) is 0.635. The topological polar surface area (TPSA) is 47.4 Å². The average molecular weight is 289 g/mol. The molecule has 0 N–H and O–H groups in total. The Bertz CT molecular complexity index is 536. The van der Waals surface area contributed by atoms with E-state index in [-0.39, 0.29) is 12.0 Å². The number of carbonyl (C=O) groups is 1. The zero-order chi connectivity index (χ0) is 15.5.